The second kappa shape index (κ2) is 9.07. The average Bonchev–Trinajstić information content (AvgIpc) is 2.79. The Bertz CT molecular complexity index is 1450. The van der Waals surface area contributed by atoms with E-state index in [1.165, 1.54) is 24.1 Å². The predicted octanol–water partition coefficient (Wildman–Crippen LogP) is 2.27. The van der Waals surface area contributed by atoms with Gasteiger partial charge in [0.25, 0.3) is 5.56 Å². The Morgan fingerprint density at radius 2 is 1.73 bits per heavy atom. The Kier molecular flexibility index (Phi) is 6.03. The Hall–Kier alpha value is -4.27. The number of benzene rings is 2. The highest BCUT2D eigenvalue weighted by molar-refractivity contribution is 5.91. The van der Waals surface area contributed by atoms with E-state index >= 15 is 0 Å². The molecular weight excluding hydrogens is 422 g/mol. The SMILES string of the molecule is COc1cccc(Cn2c(=O)c3nccnc3n(CC(=O)Nc3cc(C)cc(C)c3)c2=O)c1. The number of aryl methyl sites for hydroxylation is 2. The van der Waals surface area contributed by atoms with Crippen LogP contribution in [0.15, 0.2) is 64.4 Å². The van der Waals surface area contributed by atoms with E-state index in [4.69, 9.17) is 4.74 Å². The first kappa shape index (κ1) is 21.9. The van der Waals surface area contributed by atoms with Crippen LogP contribution in [0.25, 0.3) is 11.2 Å². The molecule has 4 aromatic rings. The zero-order valence-electron chi connectivity index (χ0n) is 18.5. The van der Waals surface area contributed by atoms with Crippen molar-refractivity contribution in [1.82, 2.24) is 19.1 Å². The maximum absolute atomic E-state index is 13.3. The molecule has 9 heteroatoms. The number of nitrogens with zero attached hydrogens (tertiary/aromatic N) is 4. The number of fused-ring (bicyclic) bond motifs is 1. The van der Waals surface area contributed by atoms with Gasteiger partial charge in [-0.25, -0.2) is 14.8 Å². The zero-order valence-corrected chi connectivity index (χ0v) is 18.5. The minimum Gasteiger partial charge on any atom is -0.497 e. The molecule has 0 spiro atoms. The van der Waals surface area contributed by atoms with Crippen LogP contribution in [-0.2, 0) is 17.9 Å². The summed E-state index contributed by atoms with van der Waals surface area (Å²) in [6.07, 6.45) is 2.76. The molecule has 0 aliphatic carbocycles. The van der Waals surface area contributed by atoms with Crippen LogP contribution in [0.2, 0.25) is 0 Å². The highest BCUT2D eigenvalue weighted by atomic mass is 16.5. The summed E-state index contributed by atoms with van der Waals surface area (Å²) in [5.74, 6) is 0.190. The monoisotopic (exact) mass is 445 g/mol. The number of rotatable bonds is 6. The first-order valence-electron chi connectivity index (χ1n) is 10.3. The number of carbonyl (C=O) groups excluding carboxylic acids is 1. The first-order valence-corrected chi connectivity index (χ1v) is 10.3. The summed E-state index contributed by atoms with van der Waals surface area (Å²) in [5, 5.41) is 2.81. The van der Waals surface area contributed by atoms with E-state index in [0.717, 1.165) is 15.7 Å². The van der Waals surface area contributed by atoms with Crippen molar-refractivity contribution in [3.63, 3.8) is 0 Å². The molecule has 0 aliphatic heterocycles. The summed E-state index contributed by atoms with van der Waals surface area (Å²) >= 11 is 0. The molecule has 2 aromatic heterocycles. The van der Waals surface area contributed by atoms with Gasteiger partial charge >= 0.3 is 5.69 Å². The van der Waals surface area contributed by atoms with Crippen LogP contribution in [0.3, 0.4) is 0 Å². The number of carbonyl (C=O) groups is 1. The standard InChI is InChI=1S/C24H23N5O4/c1-15-9-16(2)11-18(10-15)27-20(30)14-28-22-21(25-7-8-26-22)23(31)29(24(28)32)13-17-5-4-6-19(12-17)33-3/h4-12H,13-14H2,1-3H3,(H,27,30). The van der Waals surface area contributed by atoms with Gasteiger partial charge in [0.2, 0.25) is 5.91 Å². The summed E-state index contributed by atoms with van der Waals surface area (Å²) in [6.45, 7) is 3.55. The van der Waals surface area contributed by atoms with Crippen molar-refractivity contribution < 1.29 is 9.53 Å². The molecule has 1 N–H and O–H groups in total. The lowest BCUT2D eigenvalue weighted by Crippen LogP contribution is -2.42. The van der Waals surface area contributed by atoms with Crippen molar-refractivity contribution in [2.45, 2.75) is 26.9 Å². The third kappa shape index (κ3) is 4.67. The summed E-state index contributed by atoms with van der Waals surface area (Å²) < 4.78 is 7.45. The van der Waals surface area contributed by atoms with Crippen molar-refractivity contribution in [3.05, 3.63) is 92.4 Å². The molecule has 9 nitrogen and oxygen atoms in total. The summed E-state index contributed by atoms with van der Waals surface area (Å²) in [6, 6.07) is 12.8. The molecule has 0 fully saturated rings. The molecule has 0 saturated heterocycles. The van der Waals surface area contributed by atoms with Crippen LogP contribution in [0.5, 0.6) is 5.75 Å². The minimum atomic E-state index is -0.647. The largest absolute Gasteiger partial charge is 0.497 e. The first-order chi connectivity index (χ1) is 15.9. The maximum atomic E-state index is 13.3. The fourth-order valence-electron chi connectivity index (χ4n) is 3.76. The van der Waals surface area contributed by atoms with E-state index in [1.54, 1.807) is 24.3 Å². The Labute approximate surface area is 189 Å². The fraction of sp³-hybridized carbons (Fsp3) is 0.208. The molecule has 0 unspecified atom stereocenters. The summed E-state index contributed by atoms with van der Waals surface area (Å²) in [4.78, 5) is 47.4. The predicted molar refractivity (Wildman–Crippen MR) is 125 cm³/mol. The van der Waals surface area contributed by atoms with Gasteiger partial charge in [-0.15, -0.1) is 0 Å². The molecule has 2 aromatic carbocycles. The van der Waals surface area contributed by atoms with E-state index < -0.39 is 17.2 Å². The smallest absolute Gasteiger partial charge is 0.333 e. The second-order valence-corrected chi connectivity index (χ2v) is 7.76. The number of ether oxygens (including phenoxy) is 1. The third-order valence-corrected chi connectivity index (χ3v) is 5.13. The molecule has 0 saturated carbocycles. The topological polar surface area (TPSA) is 108 Å². The lowest BCUT2D eigenvalue weighted by Gasteiger charge is -2.14. The molecule has 0 atom stereocenters. The molecule has 4 rings (SSSR count). The zero-order chi connectivity index (χ0) is 23.5. The molecule has 1 amide bonds. The number of hydrogen-bond donors (Lipinski definition) is 1. The number of amides is 1. The number of anilines is 1. The van der Waals surface area contributed by atoms with Gasteiger partial charge in [0.15, 0.2) is 11.2 Å². The number of hydrogen-bond acceptors (Lipinski definition) is 6. The van der Waals surface area contributed by atoms with Crippen LogP contribution >= 0.6 is 0 Å². The van der Waals surface area contributed by atoms with Gasteiger partial charge in [0.1, 0.15) is 12.3 Å². The highest BCUT2D eigenvalue weighted by Gasteiger charge is 2.18. The van der Waals surface area contributed by atoms with Crippen LogP contribution in [-0.4, -0.2) is 32.1 Å². The maximum Gasteiger partial charge on any atom is 0.333 e. The molecule has 2 heterocycles. The lowest BCUT2D eigenvalue weighted by atomic mass is 10.1. The van der Waals surface area contributed by atoms with E-state index in [2.05, 4.69) is 15.3 Å². The van der Waals surface area contributed by atoms with Gasteiger partial charge in [-0.2, -0.15) is 0 Å². The van der Waals surface area contributed by atoms with Gasteiger partial charge in [-0.05, 0) is 54.8 Å². The molecule has 0 aliphatic rings. The van der Waals surface area contributed by atoms with Crippen LogP contribution in [0.4, 0.5) is 5.69 Å². The minimum absolute atomic E-state index is 0.0000741. The van der Waals surface area contributed by atoms with Crippen molar-refractivity contribution in [2.75, 3.05) is 12.4 Å². The second-order valence-electron chi connectivity index (χ2n) is 7.76. The van der Waals surface area contributed by atoms with Gasteiger partial charge in [0.05, 0.1) is 13.7 Å². The van der Waals surface area contributed by atoms with Crippen molar-refractivity contribution in [1.29, 1.82) is 0 Å². The molecule has 168 valence electrons. The van der Waals surface area contributed by atoms with E-state index in [0.29, 0.717) is 17.0 Å². The molecular formula is C24H23N5O4. The third-order valence-electron chi connectivity index (χ3n) is 5.13. The van der Waals surface area contributed by atoms with E-state index in [-0.39, 0.29) is 24.3 Å². The van der Waals surface area contributed by atoms with Crippen molar-refractivity contribution in [3.8, 4) is 5.75 Å². The van der Waals surface area contributed by atoms with Gasteiger partial charge in [-0.1, -0.05) is 18.2 Å². The van der Waals surface area contributed by atoms with Crippen LogP contribution in [0, 0.1) is 13.8 Å². The van der Waals surface area contributed by atoms with Crippen molar-refractivity contribution >= 4 is 22.8 Å². The number of methoxy groups -OCH3 is 1. The Morgan fingerprint density at radius 1 is 1.00 bits per heavy atom. The molecule has 0 radical (unpaired) electrons. The van der Waals surface area contributed by atoms with E-state index in [9.17, 15) is 14.4 Å². The van der Waals surface area contributed by atoms with Crippen LogP contribution < -0.4 is 21.3 Å². The van der Waals surface area contributed by atoms with Gasteiger partial charge in [0, 0.05) is 18.1 Å². The van der Waals surface area contributed by atoms with Gasteiger partial charge < -0.3 is 10.1 Å². The number of aromatic nitrogens is 4. The molecule has 33 heavy (non-hydrogen) atoms. The molecule has 0 bridgehead atoms. The number of nitrogens with one attached hydrogen (secondary N) is 1. The average molecular weight is 445 g/mol. The van der Waals surface area contributed by atoms with Crippen LogP contribution in [0.1, 0.15) is 16.7 Å². The Morgan fingerprint density at radius 3 is 2.45 bits per heavy atom. The summed E-state index contributed by atoms with van der Waals surface area (Å²) in [7, 11) is 1.54. The fourth-order valence-corrected chi connectivity index (χ4v) is 3.76. The highest BCUT2D eigenvalue weighted by Crippen LogP contribution is 2.15. The Balaban J connectivity index is 1.75. The van der Waals surface area contributed by atoms with Crippen molar-refractivity contribution in [2.24, 2.45) is 0 Å². The quantitative estimate of drug-likeness (QED) is 0.488. The van der Waals surface area contributed by atoms with E-state index in [1.807, 2.05) is 32.0 Å². The lowest BCUT2D eigenvalue weighted by molar-refractivity contribution is -0.116. The summed E-state index contributed by atoms with van der Waals surface area (Å²) in [5.41, 5.74) is 2.19. The van der Waals surface area contributed by atoms with Gasteiger partial charge in [-0.3, -0.25) is 18.7 Å². The normalized spacial score (nSPS) is 10.9.